The van der Waals surface area contributed by atoms with Gasteiger partial charge in [-0.15, -0.1) is 0 Å². The monoisotopic (exact) mass is 302 g/mol. The van der Waals surface area contributed by atoms with E-state index < -0.39 is 0 Å². The van der Waals surface area contributed by atoms with Crippen molar-refractivity contribution in [3.63, 3.8) is 0 Å². The van der Waals surface area contributed by atoms with Crippen molar-refractivity contribution in [2.75, 3.05) is 37.7 Å². The van der Waals surface area contributed by atoms with Gasteiger partial charge in [0.25, 0.3) is 0 Å². The predicted molar refractivity (Wildman–Crippen MR) is 88.2 cm³/mol. The van der Waals surface area contributed by atoms with E-state index in [1.807, 2.05) is 4.90 Å². The lowest BCUT2D eigenvalue weighted by molar-refractivity contribution is -0.133. The van der Waals surface area contributed by atoms with E-state index in [9.17, 15) is 4.79 Å². The number of aryl methyl sites for hydroxylation is 1. The topological polar surface area (TPSA) is 32.8 Å². The quantitative estimate of drug-likeness (QED) is 0.856. The lowest BCUT2D eigenvalue weighted by Crippen LogP contribution is -2.49. The van der Waals surface area contributed by atoms with Gasteiger partial charge in [0.2, 0.25) is 5.91 Å². The molecule has 0 unspecified atom stereocenters. The average molecular weight is 302 g/mol. The molecule has 2 heterocycles. The molecule has 1 saturated heterocycles. The Bertz CT molecular complexity index is 512. The maximum atomic E-state index is 12.7. The number of ether oxygens (including phenoxy) is 1. The number of para-hydroxylation sites is 1. The van der Waals surface area contributed by atoms with Gasteiger partial charge in [0.05, 0.1) is 19.8 Å². The van der Waals surface area contributed by atoms with Crippen LogP contribution in [-0.4, -0.2) is 49.7 Å². The number of fused-ring (bicyclic) bond motifs is 1. The van der Waals surface area contributed by atoms with Crippen LogP contribution in [0.5, 0.6) is 0 Å². The highest BCUT2D eigenvalue weighted by atomic mass is 16.5. The van der Waals surface area contributed by atoms with Crippen molar-refractivity contribution in [1.29, 1.82) is 0 Å². The molecule has 120 valence electrons. The lowest BCUT2D eigenvalue weighted by atomic mass is 9.93. The van der Waals surface area contributed by atoms with Crippen LogP contribution in [0.4, 0.5) is 5.69 Å². The zero-order chi connectivity index (χ0) is 15.4. The maximum absolute atomic E-state index is 12.7. The Hall–Kier alpha value is -1.55. The molecule has 1 fully saturated rings. The molecule has 1 atom stereocenters. The van der Waals surface area contributed by atoms with Crippen LogP contribution in [0.15, 0.2) is 24.3 Å². The van der Waals surface area contributed by atoms with Gasteiger partial charge in [0.1, 0.15) is 0 Å². The third-order valence-electron chi connectivity index (χ3n) is 4.78. The first-order valence-corrected chi connectivity index (χ1v) is 8.49. The summed E-state index contributed by atoms with van der Waals surface area (Å²) >= 11 is 0. The Balaban J connectivity index is 1.76. The zero-order valence-electron chi connectivity index (χ0n) is 13.5. The third kappa shape index (κ3) is 3.27. The van der Waals surface area contributed by atoms with Crippen molar-refractivity contribution in [3.05, 3.63) is 29.8 Å². The van der Waals surface area contributed by atoms with Crippen LogP contribution in [0.1, 0.15) is 31.7 Å². The SMILES string of the molecule is CCC[C@H]1CCc2ccccc2N1CC(=O)N1CCOCC1. The molecule has 0 N–H and O–H groups in total. The largest absolute Gasteiger partial charge is 0.378 e. The molecule has 1 amide bonds. The van der Waals surface area contributed by atoms with Gasteiger partial charge >= 0.3 is 0 Å². The molecule has 0 radical (unpaired) electrons. The van der Waals surface area contributed by atoms with Crippen LogP contribution in [0.2, 0.25) is 0 Å². The molecule has 0 spiro atoms. The molecule has 0 aromatic heterocycles. The normalized spacial score (nSPS) is 21.6. The fraction of sp³-hybridized carbons (Fsp3) is 0.611. The fourth-order valence-corrected chi connectivity index (χ4v) is 3.58. The molecule has 2 aliphatic rings. The summed E-state index contributed by atoms with van der Waals surface area (Å²) in [4.78, 5) is 17.0. The van der Waals surface area contributed by atoms with Crippen LogP contribution in [0, 0.1) is 0 Å². The van der Waals surface area contributed by atoms with Gasteiger partial charge in [-0.25, -0.2) is 0 Å². The summed E-state index contributed by atoms with van der Waals surface area (Å²) < 4.78 is 5.35. The van der Waals surface area contributed by atoms with E-state index in [1.165, 1.54) is 11.3 Å². The van der Waals surface area contributed by atoms with E-state index in [2.05, 4.69) is 36.1 Å². The van der Waals surface area contributed by atoms with Crippen molar-refractivity contribution in [2.45, 2.75) is 38.6 Å². The highest BCUT2D eigenvalue weighted by Crippen LogP contribution is 2.32. The number of nitrogens with zero attached hydrogens (tertiary/aromatic N) is 2. The lowest BCUT2D eigenvalue weighted by Gasteiger charge is -2.40. The molecular weight excluding hydrogens is 276 g/mol. The van der Waals surface area contributed by atoms with E-state index in [4.69, 9.17) is 4.74 Å². The van der Waals surface area contributed by atoms with Gasteiger partial charge in [0, 0.05) is 24.8 Å². The second-order valence-corrected chi connectivity index (χ2v) is 6.23. The number of morpholine rings is 1. The standard InChI is InChI=1S/C18H26N2O2/c1-2-5-16-9-8-15-6-3-4-7-17(15)20(16)14-18(21)19-10-12-22-13-11-19/h3-4,6-7,16H,2,5,8-14H2,1H3/t16-/m0/s1. The molecule has 3 rings (SSSR count). The summed E-state index contributed by atoms with van der Waals surface area (Å²) in [6, 6.07) is 9.04. The minimum atomic E-state index is 0.237. The summed E-state index contributed by atoms with van der Waals surface area (Å²) in [5, 5.41) is 0. The second-order valence-electron chi connectivity index (χ2n) is 6.23. The maximum Gasteiger partial charge on any atom is 0.242 e. The summed E-state index contributed by atoms with van der Waals surface area (Å²) in [5.74, 6) is 0.237. The minimum Gasteiger partial charge on any atom is -0.378 e. The Morgan fingerprint density at radius 2 is 2.05 bits per heavy atom. The van der Waals surface area contributed by atoms with Crippen molar-refractivity contribution < 1.29 is 9.53 Å². The van der Waals surface area contributed by atoms with Crippen LogP contribution in [0.25, 0.3) is 0 Å². The zero-order valence-corrected chi connectivity index (χ0v) is 13.5. The molecule has 0 bridgehead atoms. The second kappa shape index (κ2) is 7.14. The van der Waals surface area contributed by atoms with Gasteiger partial charge in [-0.05, 0) is 30.9 Å². The van der Waals surface area contributed by atoms with Gasteiger partial charge in [0.15, 0.2) is 0 Å². The van der Waals surface area contributed by atoms with E-state index >= 15 is 0 Å². The summed E-state index contributed by atoms with van der Waals surface area (Å²) in [5.41, 5.74) is 2.64. The van der Waals surface area contributed by atoms with Crippen LogP contribution in [0.3, 0.4) is 0 Å². The fourth-order valence-electron chi connectivity index (χ4n) is 3.58. The summed E-state index contributed by atoms with van der Waals surface area (Å²) in [7, 11) is 0. The number of carbonyl (C=O) groups excluding carboxylic acids is 1. The molecule has 0 saturated carbocycles. The first-order valence-electron chi connectivity index (χ1n) is 8.49. The van der Waals surface area contributed by atoms with Gasteiger partial charge < -0.3 is 14.5 Å². The van der Waals surface area contributed by atoms with E-state index in [0.29, 0.717) is 25.8 Å². The Labute approximate surface area is 133 Å². The molecule has 22 heavy (non-hydrogen) atoms. The van der Waals surface area contributed by atoms with Crippen LogP contribution in [-0.2, 0) is 16.0 Å². The number of amides is 1. The van der Waals surface area contributed by atoms with Crippen molar-refractivity contribution in [1.82, 2.24) is 4.90 Å². The number of benzene rings is 1. The van der Waals surface area contributed by atoms with Gasteiger partial charge in [-0.2, -0.15) is 0 Å². The van der Waals surface area contributed by atoms with Gasteiger partial charge in [-0.3, -0.25) is 4.79 Å². The van der Waals surface area contributed by atoms with Crippen molar-refractivity contribution in [2.24, 2.45) is 0 Å². The first-order chi connectivity index (χ1) is 10.8. The highest BCUT2D eigenvalue weighted by molar-refractivity contribution is 5.82. The third-order valence-corrected chi connectivity index (χ3v) is 4.78. The van der Waals surface area contributed by atoms with Crippen molar-refractivity contribution >= 4 is 11.6 Å². The average Bonchev–Trinajstić information content (AvgIpc) is 2.58. The molecule has 0 aliphatic carbocycles. The van der Waals surface area contributed by atoms with Crippen LogP contribution < -0.4 is 4.90 Å². The van der Waals surface area contributed by atoms with E-state index in [0.717, 1.165) is 38.8 Å². The molecule has 4 nitrogen and oxygen atoms in total. The molecular formula is C18H26N2O2. The van der Waals surface area contributed by atoms with Crippen molar-refractivity contribution in [3.8, 4) is 0 Å². The van der Waals surface area contributed by atoms with E-state index in [1.54, 1.807) is 0 Å². The first kappa shape index (κ1) is 15.3. The number of carbonyl (C=O) groups is 1. The van der Waals surface area contributed by atoms with Crippen LogP contribution >= 0.6 is 0 Å². The highest BCUT2D eigenvalue weighted by Gasteiger charge is 2.28. The summed E-state index contributed by atoms with van der Waals surface area (Å²) in [6.45, 7) is 5.52. The predicted octanol–water partition coefficient (Wildman–Crippen LogP) is 2.47. The Kier molecular flexibility index (Phi) is 4.98. The number of rotatable bonds is 4. The Morgan fingerprint density at radius 1 is 1.27 bits per heavy atom. The Morgan fingerprint density at radius 3 is 2.82 bits per heavy atom. The molecule has 1 aromatic carbocycles. The summed E-state index contributed by atoms with van der Waals surface area (Å²) in [6.07, 6.45) is 4.60. The number of anilines is 1. The molecule has 2 aliphatic heterocycles. The van der Waals surface area contributed by atoms with Gasteiger partial charge in [-0.1, -0.05) is 31.5 Å². The van der Waals surface area contributed by atoms with E-state index in [-0.39, 0.29) is 5.91 Å². The minimum absolute atomic E-state index is 0.237. The smallest absolute Gasteiger partial charge is 0.242 e. The molecule has 4 heteroatoms. The number of hydrogen-bond donors (Lipinski definition) is 0. The number of hydrogen-bond acceptors (Lipinski definition) is 3. The molecule has 1 aromatic rings.